The van der Waals surface area contributed by atoms with Gasteiger partial charge in [-0.3, -0.25) is 4.79 Å². The minimum Gasteiger partial charge on any atom is -0.477 e. The van der Waals surface area contributed by atoms with E-state index >= 15 is 0 Å². The van der Waals surface area contributed by atoms with Crippen LogP contribution in [0.3, 0.4) is 0 Å². The Morgan fingerprint density at radius 1 is 1.09 bits per heavy atom. The Morgan fingerprint density at radius 3 is 2.45 bits per heavy atom. The van der Waals surface area contributed by atoms with Crippen LogP contribution >= 0.6 is 0 Å². The number of hydrogen-bond acceptors (Lipinski definition) is 4. The number of esters is 1. The summed E-state index contributed by atoms with van der Waals surface area (Å²) in [6, 6.07) is 12.4. The van der Waals surface area contributed by atoms with E-state index in [0.29, 0.717) is 10.9 Å². The summed E-state index contributed by atoms with van der Waals surface area (Å²) in [5, 5.41) is 10.6. The lowest BCUT2D eigenvalue weighted by molar-refractivity contribution is -0.143. The van der Waals surface area contributed by atoms with Crippen molar-refractivity contribution in [2.45, 2.75) is 6.92 Å². The Labute approximate surface area is 126 Å². The second kappa shape index (κ2) is 6.67. The average Bonchev–Trinajstić information content (AvgIpc) is 2.51. The van der Waals surface area contributed by atoms with Crippen molar-refractivity contribution in [1.29, 1.82) is 0 Å². The number of ketones is 1. The number of fused-ring (bicyclic) bond motifs is 1. The van der Waals surface area contributed by atoms with Crippen molar-refractivity contribution in [2.75, 3.05) is 6.61 Å². The fourth-order valence-corrected chi connectivity index (χ4v) is 2.07. The third-order valence-corrected chi connectivity index (χ3v) is 3.06. The minimum atomic E-state index is -1.49. The molecular weight excluding hydrogens is 284 g/mol. The lowest BCUT2D eigenvalue weighted by Gasteiger charge is -2.05. The van der Waals surface area contributed by atoms with Gasteiger partial charge in [-0.25, -0.2) is 9.59 Å². The molecule has 0 fully saturated rings. The summed E-state index contributed by atoms with van der Waals surface area (Å²) in [4.78, 5) is 35.1. The molecule has 0 saturated heterocycles. The summed E-state index contributed by atoms with van der Waals surface area (Å²) in [6.45, 7) is 1.59. The van der Waals surface area contributed by atoms with Crippen LogP contribution in [0.25, 0.3) is 10.8 Å². The highest BCUT2D eigenvalue weighted by Gasteiger charge is 2.21. The van der Waals surface area contributed by atoms with E-state index in [4.69, 9.17) is 5.11 Å². The van der Waals surface area contributed by atoms with E-state index in [0.717, 1.165) is 11.5 Å². The summed E-state index contributed by atoms with van der Waals surface area (Å²) >= 11 is 0. The Hall–Kier alpha value is -2.95. The first-order chi connectivity index (χ1) is 10.5. The minimum absolute atomic E-state index is 0.0336. The van der Waals surface area contributed by atoms with Crippen molar-refractivity contribution in [3.8, 4) is 0 Å². The van der Waals surface area contributed by atoms with Crippen molar-refractivity contribution in [2.24, 2.45) is 0 Å². The highest BCUT2D eigenvalue weighted by atomic mass is 16.5. The van der Waals surface area contributed by atoms with Gasteiger partial charge in [-0.1, -0.05) is 42.5 Å². The lowest BCUT2D eigenvalue weighted by Crippen LogP contribution is -2.17. The summed E-state index contributed by atoms with van der Waals surface area (Å²) in [7, 11) is 0. The van der Waals surface area contributed by atoms with Gasteiger partial charge in [0.05, 0.1) is 6.61 Å². The maximum absolute atomic E-state index is 12.3. The van der Waals surface area contributed by atoms with Crippen LogP contribution in [0, 0.1) is 0 Å². The SMILES string of the molecule is CCOC(=O)C(=CC(=O)c1cccc2ccccc12)C(=O)O. The van der Waals surface area contributed by atoms with E-state index in [1.807, 2.05) is 18.2 Å². The average molecular weight is 298 g/mol. The molecular formula is C17H14O5. The number of carboxylic acids is 1. The lowest BCUT2D eigenvalue weighted by atomic mass is 10.00. The monoisotopic (exact) mass is 298 g/mol. The smallest absolute Gasteiger partial charge is 0.345 e. The zero-order valence-electron chi connectivity index (χ0n) is 11.9. The van der Waals surface area contributed by atoms with Crippen LogP contribution in [-0.4, -0.2) is 29.4 Å². The van der Waals surface area contributed by atoms with Crippen molar-refractivity contribution >= 4 is 28.5 Å². The van der Waals surface area contributed by atoms with Gasteiger partial charge in [0.15, 0.2) is 5.78 Å². The van der Waals surface area contributed by atoms with E-state index in [9.17, 15) is 14.4 Å². The van der Waals surface area contributed by atoms with E-state index in [1.54, 1.807) is 31.2 Å². The predicted molar refractivity (Wildman–Crippen MR) is 80.6 cm³/mol. The number of benzene rings is 2. The third kappa shape index (κ3) is 3.20. The quantitative estimate of drug-likeness (QED) is 0.302. The molecule has 2 rings (SSSR count). The number of aliphatic carboxylic acids is 1. The molecule has 112 valence electrons. The highest BCUT2D eigenvalue weighted by molar-refractivity contribution is 6.22. The van der Waals surface area contributed by atoms with Crippen LogP contribution in [0.15, 0.2) is 54.1 Å². The molecule has 0 saturated carbocycles. The van der Waals surface area contributed by atoms with Crippen molar-refractivity contribution < 1.29 is 24.2 Å². The first-order valence-electron chi connectivity index (χ1n) is 6.68. The van der Waals surface area contributed by atoms with Gasteiger partial charge >= 0.3 is 11.9 Å². The molecule has 5 nitrogen and oxygen atoms in total. The molecule has 2 aromatic carbocycles. The maximum atomic E-state index is 12.3. The van der Waals surface area contributed by atoms with Crippen LogP contribution in [-0.2, 0) is 14.3 Å². The van der Waals surface area contributed by atoms with E-state index in [2.05, 4.69) is 4.74 Å². The molecule has 2 aromatic rings. The molecule has 0 aromatic heterocycles. The summed E-state index contributed by atoms with van der Waals surface area (Å²) in [6.07, 6.45) is 0.808. The molecule has 0 spiro atoms. The fourth-order valence-electron chi connectivity index (χ4n) is 2.07. The van der Waals surface area contributed by atoms with Crippen LogP contribution < -0.4 is 0 Å². The van der Waals surface area contributed by atoms with Crippen molar-refractivity contribution in [1.82, 2.24) is 0 Å². The number of rotatable bonds is 5. The number of carbonyl (C=O) groups is 3. The van der Waals surface area contributed by atoms with Gasteiger partial charge in [0.1, 0.15) is 5.57 Å². The molecule has 0 unspecified atom stereocenters. The third-order valence-electron chi connectivity index (χ3n) is 3.06. The van der Waals surface area contributed by atoms with Crippen molar-refractivity contribution in [3.63, 3.8) is 0 Å². The Kier molecular flexibility index (Phi) is 4.68. The van der Waals surface area contributed by atoms with Gasteiger partial charge in [-0.2, -0.15) is 0 Å². The summed E-state index contributed by atoms with van der Waals surface area (Å²) in [5.74, 6) is -3.07. The molecule has 0 amide bonds. The predicted octanol–water partition coefficient (Wildman–Crippen LogP) is 2.60. The first-order valence-corrected chi connectivity index (χ1v) is 6.68. The van der Waals surface area contributed by atoms with Crippen molar-refractivity contribution in [3.05, 3.63) is 59.7 Å². The van der Waals surface area contributed by atoms with Gasteiger partial charge < -0.3 is 9.84 Å². The molecule has 0 aliphatic rings. The van der Waals surface area contributed by atoms with Gasteiger partial charge in [0, 0.05) is 11.6 Å². The van der Waals surface area contributed by atoms with Gasteiger partial charge in [-0.05, 0) is 17.7 Å². The molecule has 0 bridgehead atoms. The van der Waals surface area contributed by atoms with E-state index < -0.39 is 23.3 Å². The molecule has 22 heavy (non-hydrogen) atoms. The zero-order chi connectivity index (χ0) is 16.1. The fraction of sp³-hybridized carbons (Fsp3) is 0.118. The molecule has 1 N–H and O–H groups in total. The van der Waals surface area contributed by atoms with Crippen LogP contribution in [0.2, 0.25) is 0 Å². The largest absolute Gasteiger partial charge is 0.477 e. The van der Waals surface area contributed by atoms with Gasteiger partial charge in [0.25, 0.3) is 0 Å². The van der Waals surface area contributed by atoms with E-state index in [-0.39, 0.29) is 6.61 Å². The van der Waals surface area contributed by atoms with Crippen LogP contribution in [0.1, 0.15) is 17.3 Å². The standard InChI is InChI=1S/C17H14O5/c1-2-22-17(21)14(16(19)20)10-15(18)13-9-5-7-11-6-3-4-8-12(11)13/h3-10H,2H2,1H3,(H,19,20). The topological polar surface area (TPSA) is 80.7 Å². The Bertz CT molecular complexity index is 768. The number of carbonyl (C=O) groups excluding carboxylic acids is 2. The number of hydrogen-bond donors (Lipinski definition) is 1. The molecule has 0 radical (unpaired) electrons. The molecule has 0 atom stereocenters. The molecule has 0 heterocycles. The first kappa shape index (κ1) is 15.4. The number of allylic oxidation sites excluding steroid dienone is 1. The summed E-state index contributed by atoms with van der Waals surface area (Å²) < 4.78 is 4.65. The number of ether oxygens (including phenoxy) is 1. The number of carboxylic acid groups (broad SMARTS) is 1. The van der Waals surface area contributed by atoms with Crippen LogP contribution in [0.5, 0.6) is 0 Å². The van der Waals surface area contributed by atoms with Gasteiger partial charge in [-0.15, -0.1) is 0 Å². The zero-order valence-corrected chi connectivity index (χ0v) is 11.9. The molecule has 0 aliphatic heterocycles. The maximum Gasteiger partial charge on any atom is 0.345 e. The highest BCUT2D eigenvalue weighted by Crippen LogP contribution is 2.19. The van der Waals surface area contributed by atoms with Crippen LogP contribution in [0.4, 0.5) is 0 Å². The Balaban J connectivity index is 2.46. The summed E-state index contributed by atoms with van der Waals surface area (Å²) in [5.41, 5.74) is -0.346. The molecule has 5 heteroatoms. The Morgan fingerprint density at radius 2 is 1.77 bits per heavy atom. The normalized spacial score (nSPS) is 11.2. The second-order valence-electron chi connectivity index (χ2n) is 4.47. The van der Waals surface area contributed by atoms with Gasteiger partial charge in [0.2, 0.25) is 0 Å². The van der Waals surface area contributed by atoms with E-state index in [1.165, 1.54) is 0 Å². The molecule has 0 aliphatic carbocycles. The second-order valence-corrected chi connectivity index (χ2v) is 4.47.